The molecule has 1 aromatic rings. The summed E-state index contributed by atoms with van der Waals surface area (Å²) < 4.78 is 0. The molecule has 0 spiro atoms. The second-order valence-corrected chi connectivity index (χ2v) is 6.35. The van der Waals surface area contributed by atoms with Crippen LogP contribution in [0, 0.1) is 26.2 Å². The lowest BCUT2D eigenvalue weighted by molar-refractivity contribution is 0.142. The van der Waals surface area contributed by atoms with Crippen LogP contribution in [0.15, 0.2) is 12.1 Å². The van der Waals surface area contributed by atoms with Gasteiger partial charge in [-0.05, 0) is 69.1 Å². The lowest BCUT2D eigenvalue weighted by Crippen LogP contribution is -2.39. The monoisotopic (exact) mass is 248 g/mol. The Bertz CT molecular complexity index is 419. The Morgan fingerprint density at radius 2 is 1.56 bits per heavy atom. The van der Waals surface area contributed by atoms with E-state index in [1.165, 1.54) is 22.3 Å². The molecule has 1 unspecified atom stereocenters. The molecule has 18 heavy (non-hydrogen) atoms. The number of nitrogens with zero attached hydrogens (tertiary/aromatic N) is 1. The van der Waals surface area contributed by atoms with Crippen LogP contribution in [0.25, 0.3) is 0 Å². The summed E-state index contributed by atoms with van der Waals surface area (Å²) in [5.41, 5.74) is 11.5. The Morgan fingerprint density at radius 1 is 1.06 bits per heavy atom. The summed E-state index contributed by atoms with van der Waals surface area (Å²) >= 11 is 0. The second-order valence-electron chi connectivity index (χ2n) is 6.35. The summed E-state index contributed by atoms with van der Waals surface area (Å²) in [4.78, 5) is 2.28. The number of hydrogen-bond acceptors (Lipinski definition) is 2. The first-order valence-corrected chi connectivity index (χ1v) is 6.65. The molecule has 2 N–H and O–H groups in total. The zero-order valence-electron chi connectivity index (χ0n) is 13.0. The van der Waals surface area contributed by atoms with Gasteiger partial charge in [-0.25, -0.2) is 0 Å². The van der Waals surface area contributed by atoms with Gasteiger partial charge in [0.25, 0.3) is 0 Å². The Kier molecular flexibility index (Phi) is 4.57. The third-order valence-corrected chi connectivity index (χ3v) is 3.96. The van der Waals surface area contributed by atoms with Crippen molar-refractivity contribution in [2.45, 2.75) is 40.7 Å². The average Bonchev–Trinajstić information content (AvgIpc) is 2.25. The second kappa shape index (κ2) is 5.41. The number of hydrogen-bond donors (Lipinski definition) is 1. The summed E-state index contributed by atoms with van der Waals surface area (Å²) in [5, 5.41) is 0. The number of aryl methyl sites for hydroxylation is 3. The van der Waals surface area contributed by atoms with Crippen LogP contribution in [0.4, 0.5) is 0 Å². The van der Waals surface area contributed by atoms with E-state index in [1.807, 2.05) is 0 Å². The van der Waals surface area contributed by atoms with Crippen molar-refractivity contribution in [3.8, 4) is 0 Å². The smallest absolute Gasteiger partial charge is 0.0407 e. The summed E-state index contributed by atoms with van der Waals surface area (Å²) in [7, 11) is 4.27. The van der Waals surface area contributed by atoms with Crippen LogP contribution in [0.5, 0.6) is 0 Å². The van der Waals surface area contributed by atoms with Crippen molar-refractivity contribution in [3.05, 3.63) is 34.4 Å². The third kappa shape index (κ3) is 2.93. The van der Waals surface area contributed by atoms with Crippen LogP contribution in [-0.4, -0.2) is 25.5 Å². The summed E-state index contributed by atoms with van der Waals surface area (Å²) in [6.45, 7) is 11.7. The van der Waals surface area contributed by atoms with Gasteiger partial charge in [-0.15, -0.1) is 0 Å². The number of benzene rings is 1. The van der Waals surface area contributed by atoms with Crippen molar-refractivity contribution < 1.29 is 0 Å². The Balaban J connectivity index is 3.35. The van der Waals surface area contributed by atoms with Crippen LogP contribution >= 0.6 is 0 Å². The van der Waals surface area contributed by atoms with Crippen molar-refractivity contribution in [3.63, 3.8) is 0 Å². The van der Waals surface area contributed by atoms with Crippen LogP contribution < -0.4 is 5.73 Å². The van der Waals surface area contributed by atoms with E-state index >= 15 is 0 Å². The molecule has 0 saturated carbocycles. The summed E-state index contributed by atoms with van der Waals surface area (Å²) in [6.07, 6.45) is 0. The van der Waals surface area contributed by atoms with Gasteiger partial charge in [0, 0.05) is 6.04 Å². The molecule has 1 atom stereocenters. The third-order valence-electron chi connectivity index (χ3n) is 3.96. The predicted molar refractivity (Wildman–Crippen MR) is 79.9 cm³/mol. The van der Waals surface area contributed by atoms with Crippen LogP contribution in [0.3, 0.4) is 0 Å². The highest BCUT2D eigenvalue weighted by Gasteiger charge is 2.32. The van der Waals surface area contributed by atoms with Crippen LogP contribution in [0.1, 0.15) is 42.1 Å². The first kappa shape index (κ1) is 15.2. The molecule has 0 aliphatic heterocycles. The molecule has 102 valence electrons. The van der Waals surface area contributed by atoms with E-state index in [1.54, 1.807) is 0 Å². The highest BCUT2D eigenvalue weighted by Crippen LogP contribution is 2.38. The maximum absolute atomic E-state index is 5.97. The van der Waals surface area contributed by atoms with E-state index in [2.05, 4.69) is 65.7 Å². The molecule has 2 nitrogen and oxygen atoms in total. The molecule has 0 aromatic heterocycles. The van der Waals surface area contributed by atoms with Gasteiger partial charge in [0.05, 0.1) is 0 Å². The molecule has 1 aromatic carbocycles. The molecule has 0 heterocycles. The zero-order valence-corrected chi connectivity index (χ0v) is 13.0. The molecule has 1 rings (SSSR count). The molecule has 0 radical (unpaired) electrons. The van der Waals surface area contributed by atoms with E-state index in [9.17, 15) is 0 Å². The quantitative estimate of drug-likeness (QED) is 0.886. The Morgan fingerprint density at radius 3 is 2.00 bits per heavy atom. The zero-order chi connectivity index (χ0) is 14.1. The molecule has 0 fully saturated rings. The van der Waals surface area contributed by atoms with E-state index < -0.39 is 0 Å². The van der Waals surface area contributed by atoms with E-state index in [0.29, 0.717) is 12.6 Å². The van der Waals surface area contributed by atoms with Gasteiger partial charge < -0.3 is 10.6 Å². The molecule has 0 amide bonds. The molecule has 2 heteroatoms. The van der Waals surface area contributed by atoms with Crippen molar-refractivity contribution in [1.29, 1.82) is 0 Å². The van der Waals surface area contributed by atoms with Crippen molar-refractivity contribution >= 4 is 0 Å². The van der Waals surface area contributed by atoms with E-state index in [-0.39, 0.29) is 5.41 Å². The van der Waals surface area contributed by atoms with E-state index in [0.717, 1.165) is 0 Å². The first-order chi connectivity index (χ1) is 8.20. The fourth-order valence-corrected chi connectivity index (χ4v) is 2.79. The SMILES string of the molecule is Cc1cc(C)c(C(N(C)C)C(C)(C)CN)cc1C. The van der Waals surface area contributed by atoms with Gasteiger partial charge in [-0.1, -0.05) is 26.0 Å². The van der Waals surface area contributed by atoms with Crippen molar-refractivity contribution in [2.24, 2.45) is 11.1 Å². The molecule has 0 aliphatic carbocycles. The summed E-state index contributed by atoms with van der Waals surface area (Å²) in [5.74, 6) is 0. The highest BCUT2D eigenvalue weighted by molar-refractivity contribution is 5.39. The van der Waals surface area contributed by atoms with Gasteiger partial charge in [-0.2, -0.15) is 0 Å². The minimum absolute atomic E-state index is 0.0654. The topological polar surface area (TPSA) is 29.3 Å². The maximum Gasteiger partial charge on any atom is 0.0407 e. The minimum atomic E-state index is 0.0654. The first-order valence-electron chi connectivity index (χ1n) is 6.65. The predicted octanol–water partition coefficient (Wildman–Crippen LogP) is 3.20. The molecular weight excluding hydrogens is 220 g/mol. The Hall–Kier alpha value is -0.860. The van der Waals surface area contributed by atoms with Gasteiger partial charge in [-0.3, -0.25) is 0 Å². The summed E-state index contributed by atoms with van der Waals surface area (Å²) in [6, 6.07) is 4.96. The van der Waals surface area contributed by atoms with E-state index in [4.69, 9.17) is 5.73 Å². The number of rotatable bonds is 4. The molecular formula is C16H28N2. The molecule has 0 aliphatic rings. The van der Waals surface area contributed by atoms with Crippen molar-refractivity contribution in [1.82, 2.24) is 4.90 Å². The lowest BCUT2D eigenvalue weighted by atomic mass is 9.77. The molecule has 0 saturated heterocycles. The van der Waals surface area contributed by atoms with Gasteiger partial charge in [0.15, 0.2) is 0 Å². The minimum Gasteiger partial charge on any atom is -0.330 e. The fraction of sp³-hybridized carbons (Fsp3) is 0.625. The van der Waals surface area contributed by atoms with Gasteiger partial charge in [0.2, 0.25) is 0 Å². The average molecular weight is 248 g/mol. The van der Waals surface area contributed by atoms with Crippen LogP contribution in [0.2, 0.25) is 0 Å². The van der Waals surface area contributed by atoms with Gasteiger partial charge >= 0.3 is 0 Å². The molecule has 0 bridgehead atoms. The standard InChI is InChI=1S/C16H28N2/c1-11-8-13(3)14(9-12(11)2)15(18(6)7)16(4,5)10-17/h8-9,15H,10,17H2,1-7H3. The fourth-order valence-electron chi connectivity index (χ4n) is 2.79. The van der Waals surface area contributed by atoms with Crippen LogP contribution in [-0.2, 0) is 0 Å². The largest absolute Gasteiger partial charge is 0.330 e. The maximum atomic E-state index is 5.97. The normalized spacial score (nSPS) is 14.1. The van der Waals surface area contributed by atoms with Gasteiger partial charge in [0.1, 0.15) is 0 Å². The number of nitrogens with two attached hydrogens (primary N) is 1. The highest BCUT2D eigenvalue weighted by atomic mass is 15.1. The lowest BCUT2D eigenvalue weighted by Gasteiger charge is -2.39. The van der Waals surface area contributed by atoms with Crippen molar-refractivity contribution in [2.75, 3.05) is 20.6 Å². The Labute approximate surface area is 112 Å².